The predicted molar refractivity (Wildman–Crippen MR) is 128 cm³/mol. The third-order valence-corrected chi connectivity index (χ3v) is 6.47. The number of morpholine rings is 1. The van der Waals surface area contributed by atoms with Gasteiger partial charge in [-0.15, -0.1) is 12.4 Å². The zero-order chi connectivity index (χ0) is 21.1. The molecule has 0 radical (unpaired) electrons. The number of carbonyl (C=O) groups is 1. The summed E-state index contributed by atoms with van der Waals surface area (Å²) in [5.74, 6) is 0.756. The monoisotopic (exact) mass is 461 g/mol. The van der Waals surface area contributed by atoms with Gasteiger partial charge in [0, 0.05) is 37.8 Å². The maximum Gasteiger partial charge on any atom is 0.260 e. The maximum atomic E-state index is 13.6. The van der Waals surface area contributed by atoms with Crippen molar-refractivity contribution in [1.82, 2.24) is 9.88 Å². The highest BCUT2D eigenvalue weighted by Gasteiger charge is 2.24. The Morgan fingerprint density at radius 1 is 1.19 bits per heavy atom. The average molecular weight is 462 g/mol. The number of hydrogen-bond acceptors (Lipinski definition) is 6. The number of rotatable bonds is 6. The summed E-state index contributed by atoms with van der Waals surface area (Å²) in [6.45, 7) is 8.67. The molecular formula is C23H28ClN3O3S. The number of aromatic nitrogens is 1. The Balaban J connectivity index is 0.00000272. The van der Waals surface area contributed by atoms with E-state index in [1.165, 1.54) is 11.3 Å². The lowest BCUT2D eigenvalue weighted by atomic mass is 10.0. The van der Waals surface area contributed by atoms with Crippen LogP contribution in [0.25, 0.3) is 10.2 Å². The molecule has 1 aromatic heterocycles. The summed E-state index contributed by atoms with van der Waals surface area (Å²) in [6.07, 6.45) is 0. The van der Waals surface area contributed by atoms with Crippen LogP contribution in [-0.4, -0.2) is 62.3 Å². The quantitative estimate of drug-likeness (QED) is 0.547. The third kappa shape index (κ3) is 5.36. The molecule has 2 aromatic carbocycles. The van der Waals surface area contributed by atoms with Gasteiger partial charge in [0.05, 0.1) is 30.5 Å². The second kappa shape index (κ2) is 10.4. The fourth-order valence-electron chi connectivity index (χ4n) is 3.69. The summed E-state index contributed by atoms with van der Waals surface area (Å²) in [6, 6.07) is 11.8. The van der Waals surface area contributed by atoms with Gasteiger partial charge in [-0.05, 0) is 37.6 Å². The fourth-order valence-corrected chi connectivity index (χ4v) is 4.66. The first kappa shape index (κ1) is 23.5. The van der Waals surface area contributed by atoms with E-state index in [4.69, 9.17) is 14.5 Å². The van der Waals surface area contributed by atoms with E-state index < -0.39 is 0 Å². The number of nitrogens with zero attached hydrogens (tertiary/aromatic N) is 3. The van der Waals surface area contributed by atoms with E-state index in [1.54, 1.807) is 7.11 Å². The first-order valence-electron chi connectivity index (χ1n) is 10.2. The minimum Gasteiger partial charge on any atom is -0.497 e. The number of halogens is 1. The molecule has 1 aliphatic rings. The van der Waals surface area contributed by atoms with E-state index in [-0.39, 0.29) is 18.3 Å². The number of ether oxygens (including phenoxy) is 2. The van der Waals surface area contributed by atoms with Gasteiger partial charge in [-0.2, -0.15) is 0 Å². The van der Waals surface area contributed by atoms with Crippen LogP contribution in [0.4, 0.5) is 5.13 Å². The molecule has 0 aliphatic carbocycles. The Morgan fingerprint density at radius 3 is 2.68 bits per heavy atom. The number of benzene rings is 2. The number of methoxy groups -OCH3 is 1. The molecule has 4 rings (SSSR count). The van der Waals surface area contributed by atoms with Crippen molar-refractivity contribution in [3.63, 3.8) is 0 Å². The van der Waals surface area contributed by atoms with Crippen LogP contribution in [0.2, 0.25) is 0 Å². The molecule has 0 spiro atoms. The van der Waals surface area contributed by atoms with Gasteiger partial charge < -0.3 is 9.47 Å². The molecule has 6 nitrogen and oxygen atoms in total. The first-order chi connectivity index (χ1) is 14.5. The lowest BCUT2D eigenvalue weighted by Gasteiger charge is -2.29. The van der Waals surface area contributed by atoms with Crippen LogP contribution in [0.5, 0.6) is 5.75 Å². The Hall–Kier alpha value is -2.19. The van der Waals surface area contributed by atoms with Gasteiger partial charge in [-0.25, -0.2) is 4.98 Å². The number of aryl methyl sites for hydroxylation is 2. The van der Waals surface area contributed by atoms with E-state index in [0.717, 1.165) is 70.6 Å². The van der Waals surface area contributed by atoms with Crippen molar-refractivity contribution in [2.24, 2.45) is 0 Å². The number of carbonyl (C=O) groups excluding carboxylic acids is 1. The zero-order valence-electron chi connectivity index (χ0n) is 18.1. The molecule has 0 N–H and O–H groups in total. The number of anilines is 1. The Kier molecular flexibility index (Phi) is 7.89. The minimum atomic E-state index is -0.00761. The van der Waals surface area contributed by atoms with Crippen molar-refractivity contribution >= 4 is 45.0 Å². The summed E-state index contributed by atoms with van der Waals surface area (Å²) >= 11 is 1.54. The molecule has 31 heavy (non-hydrogen) atoms. The molecule has 2 heterocycles. The van der Waals surface area contributed by atoms with Crippen LogP contribution >= 0.6 is 23.7 Å². The van der Waals surface area contributed by atoms with E-state index in [2.05, 4.69) is 11.0 Å². The molecule has 8 heteroatoms. The van der Waals surface area contributed by atoms with Crippen molar-refractivity contribution in [1.29, 1.82) is 0 Å². The Labute approximate surface area is 193 Å². The van der Waals surface area contributed by atoms with Gasteiger partial charge in [0.25, 0.3) is 5.91 Å². The Bertz CT molecular complexity index is 1050. The summed E-state index contributed by atoms with van der Waals surface area (Å²) in [7, 11) is 1.65. The zero-order valence-corrected chi connectivity index (χ0v) is 19.7. The molecule has 0 saturated carbocycles. The topological polar surface area (TPSA) is 54.9 Å². The number of amides is 1. The predicted octanol–water partition coefficient (Wildman–Crippen LogP) is 4.32. The van der Waals surface area contributed by atoms with Gasteiger partial charge in [-0.3, -0.25) is 14.6 Å². The molecule has 1 fully saturated rings. The van der Waals surface area contributed by atoms with E-state index >= 15 is 0 Å². The molecule has 1 amide bonds. The Morgan fingerprint density at radius 2 is 1.97 bits per heavy atom. The van der Waals surface area contributed by atoms with Crippen LogP contribution < -0.4 is 9.64 Å². The molecule has 166 valence electrons. The smallest absolute Gasteiger partial charge is 0.260 e. The van der Waals surface area contributed by atoms with Crippen LogP contribution in [0.1, 0.15) is 21.5 Å². The van der Waals surface area contributed by atoms with E-state index in [1.807, 2.05) is 49.1 Å². The standard InChI is InChI=1S/C23H27N3O3S.ClH/c1-16-4-6-19(17(2)14-16)22(27)26(9-8-25-10-12-29-13-11-25)23-24-20-15-18(28-3)5-7-21(20)30-23;/h4-7,14-15H,8-13H2,1-3H3;1H. The van der Waals surface area contributed by atoms with Crippen molar-refractivity contribution in [3.8, 4) is 5.75 Å². The number of thiazole rings is 1. The summed E-state index contributed by atoms with van der Waals surface area (Å²) in [4.78, 5) is 22.5. The molecule has 0 bridgehead atoms. The lowest BCUT2D eigenvalue weighted by Crippen LogP contribution is -2.43. The first-order valence-corrected chi connectivity index (χ1v) is 11.0. The number of fused-ring (bicyclic) bond motifs is 1. The van der Waals surface area contributed by atoms with E-state index in [0.29, 0.717) is 6.54 Å². The second-order valence-corrected chi connectivity index (χ2v) is 8.57. The van der Waals surface area contributed by atoms with Crippen molar-refractivity contribution in [3.05, 3.63) is 53.1 Å². The van der Waals surface area contributed by atoms with Crippen LogP contribution in [0, 0.1) is 13.8 Å². The minimum absolute atomic E-state index is 0. The summed E-state index contributed by atoms with van der Waals surface area (Å²) in [5, 5.41) is 0.719. The summed E-state index contributed by atoms with van der Waals surface area (Å²) in [5.41, 5.74) is 3.70. The number of hydrogen-bond donors (Lipinski definition) is 0. The second-order valence-electron chi connectivity index (χ2n) is 7.56. The normalized spacial score (nSPS) is 14.3. The lowest BCUT2D eigenvalue weighted by molar-refractivity contribution is 0.0391. The molecule has 0 atom stereocenters. The van der Waals surface area contributed by atoms with Crippen LogP contribution in [0.15, 0.2) is 36.4 Å². The van der Waals surface area contributed by atoms with Gasteiger partial charge in [0.1, 0.15) is 5.75 Å². The van der Waals surface area contributed by atoms with Crippen molar-refractivity contribution in [2.75, 3.05) is 51.4 Å². The molecular weight excluding hydrogens is 434 g/mol. The SMILES string of the molecule is COc1ccc2sc(N(CCN3CCOCC3)C(=O)c3ccc(C)cc3C)nc2c1.Cl. The average Bonchev–Trinajstić information content (AvgIpc) is 3.17. The molecule has 1 saturated heterocycles. The molecule has 0 unspecified atom stereocenters. The van der Waals surface area contributed by atoms with Gasteiger partial charge in [0.2, 0.25) is 0 Å². The third-order valence-electron chi connectivity index (χ3n) is 5.42. The van der Waals surface area contributed by atoms with Gasteiger partial charge >= 0.3 is 0 Å². The largest absolute Gasteiger partial charge is 0.497 e. The summed E-state index contributed by atoms with van der Waals surface area (Å²) < 4.78 is 11.8. The fraction of sp³-hybridized carbons (Fsp3) is 0.391. The van der Waals surface area contributed by atoms with Crippen LogP contribution in [-0.2, 0) is 4.74 Å². The van der Waals surface area contributed by atoms with Crippen LogP contribution in [0.3, 0.4) is 0 Å². The van der Waals surface area contributed by atoms with Crippen molar-refractivity contribution < 1.29 is 14.3 Å². The van der Waals surface area contributed by atoms with Gasteiger partial charge in [0.15, 0.2) is 5.13 Å². The van der Waals surface area contributed by atoms with E-state index in [9.17, 15) is 4.79 Å². The highest BCUT2D eigenvalue weighted by molar-refractivity contribution is 7.22. The maximum absolute atomic E-state index is 13.6. The highest BCUT2D eigenvalue weighted by atomic mass is 35.5. The van der Waals surface area contributed by atoms with Crippen molar-refractivity contribution in [2.45, 2.75) is 13.8 Å². The molecule has 1 aliphatic heterocycles. The van der Waals surface area contributed by atoms with Gasteiger partial charge in [-0.1, -0.05) is 29.0 Å². The molecule has 3 aromatic rings. The highest BCUT2D eigenvalue weighted by Crippen LogP contribution is 2.32.